The maximum atomic E-state index is 12.3. The number of carbonyl (C=O) groups is 1. The molecule has 0 aliphatic rings. The highest BCUT2D eigenvalue weighted by Crippen LogP contribution is 2.11. The van der Waals surface area contributed by atoms with Gasteiger partial charge in [0, 0.05) is 18.4 Å². The molecule has 1 amide bonds. The van der Waals surface area contributed by atoms with Gasteiger partial charge in [-0.1, -0.05) is 13.0 Å². The lowest BCUT2D eigenvalue weighted by Crippen LogP contribution is -2.25. The van der Waals surface area contributed by atoms with Gasteiger partial charge in [-0.25, -0.2) is 4.98 Å². The Hall–Kier alpha value is -2.43. The second kappa shape index (κ2) is 7.38. The van der Waals surface area contributed by atoms with E-state index in [-0.39, 0.29) is 5.91 Å². The lowest BCUT2D eigenvalue weighted by Gasteiger charge is -2.10. The fourth-order valence-electron chi connectivity index (χ4n) is 1.94. The van der Waals surface area contributed by atoms with E-state index in [0.29, 0.717) is 17.9 Å². The Balaban J connectivity index is 2.03. The first kappa shape index (κ1) is 15.0. The Labute approximate surface area is 124 Å². The quantitative estimate of drug-likeness (QED) is 0.855. The van der Waals surface area contributed by atoms with Gasteiger partial charge in [0.2, 0.25) is 0 Å². The van der Waals surface area contributed by atoms with Gasteiger partial charge in [-0.15, -0.1) is 0 Å². The third kappa shape index (κ3) is 4.27. The highest BCUT2D eigenvalue weighted by atomic mass is 16.1. The van der Waals surface area contributed by atoms with Crippen LogP contribution in [0.15, 0.2) is 36.5 Å². The van der Waals surface area contributed by atoms with E-state index in [1.165, 1.54) is 0 Å². The molecule has 0 saturated carbocycles. The molecule has 2 heterocycles. The smallest absolute Gasteiger partial charge is 0.255 e. The average Bonchev–Trinajstić information content (AvgIpc) is 2.51. The van der Waals surface area contributed by atoms with Crippen LogP contribution in [0, 0.1) is 6.92 Å². The predicted molar refractivity (Wildman–Crippen MR) is 83.2 cm³/mol. The summed E-state index contributed by atoms with van der Waals surface area (Å²) in [6, 6.07) is 9.29. The molecular weight excluding hydrogens is 264 g/mol. The molecule has 0 saturated heterocycles. The third-order valence-corrected chi connectivity index (χ3v) is 2.97. The summed E-state index contributed by atoms with van der Waals surface area (Å²) in [6.07, 6.45) is 2.65. The van der Waals surface area contributed by atoms with Crippen molar-refractivity contribution in [2.75, 3.05) is 11.9 Å². The van der Waals surface area contributed by atoms with Gasteiger partial charge in [-0.3, -0.25) is 9.78 Å². The summed E-state index contributed by atoms with van der Waals surface area (Å²) in [5.74, 6) is 0.471. The van der Waals surface area contributed by atoms with E-state index in [1.54, 1.807) is 18.3 Å². The number of aryl methyl sites for hydroxylation is 1. The molecular formula is C16H20N4O. The van der Waals surface area contributed by atoms with Gasteiger partial charge in [-0.05, 0) is 37.6 Å². The van der Waals surface area contributed by atoms with Crippen molar-refractivity contribution in [3.63, 3.8) is 0 Å². The number of amides is 1. The van der Waals surface area contributed by atoms with Gasteiger partial charge in [0.25, 0.3) is 5.91 Å². The number of hydrogen-bond acceptors (Lipinski definition) is 4. The van der Waals surface area contributed by atoms with E-state index in [2.05, 4.69) is 27.5 Å². The number of rotatable bonds is 6. The Bertz CT molecular complexity index is 613. The van der Waals surface area contributed by atoms with Crippen molar-refractivity contribution in [3.8, 4) is 0 Å². The number of aromatic nitrogens is 2. The first-order valence-corrected chi connectivity index (χ1v) is 7.10. The summed E-state index contributed by atoms with van der Waals surface area (Å²) >= 11 is 0. The van der Waals surface area contributed by atoms with E-state index in [0.717, 1.165) is 24.4 Å². The monoisotopic (exact) mass is 284 g/mol. The van der Waals surface area contributed by atoms with Crippen molar-refractivity contribution in [2.45, 2.75) is 26.8 Å². The molecule has 0 unspecified atom stereocenters. The van der Waals surface area contributed by atoms with Crippen LogP contribution in [0.25, 0.3) is 0 Å². The van der Waals surface area contributed by atoms with Crippen molar-refractivity contribution in [1.29, 1.82) is 0 Å². The van der Waals surface area contributed by atoms with Crippen molar-refractivity contribution in [3.05, 3.63) is 53.5 Å². The molecule has 0 bridgehead atoms. The molecule has 0 spiro atoms. The third-order valence-electron chi connectivity index (χ3n) is 2.97. The number of pyridine rings is 2. The molecule has 5 heteroatoms. The molecule has 0 aliphatic heterocycles. The minimum atomic E-state index is -0.148. The summed E-state index contributed by atoms with van der Waals surface area (Å²) in [5, 5.41) is 6.04. The number of hydrogen-bond donors (Lipinski definition) is 2. The topological polar surface area (TPSA) is 66.9 Å². The molecule has 21 heavy (non-hydrogen) atoms. The first-order valence-electron chi connectivity index (χ1n) is 7.10. The first-order chi connectivity index (χ1) is 10.2. The fourth-order valence-corrected chi connectivity index (χ4v) is 1.94. The predicted octanol–water partition coefficient (Wildman–Crippen LogP) is 2.54. The molecule has 5 nitrogen and oxygen atoms in total. The van der Waals surface area contributed by atoms with Crippen LogP contribution < -0.4 is 10.6 Å². The van der Waals surface area contributed by atoms with Gasteiger partial charge >= 0.3 is 0 Å². The lowest BCUT2D eigenvalue weighted by molar-refractivity contribution is 0.0951. The normalized spacial score (nSPS) is 10.2. The Morgan fingerprint density at radius 2 is 2.10 bits per heavy atom. The van der Waals surface area contributed by atoms with Crippen LogP contribution in [-0.2, 0) is 6.54 Å². The SMILES string of the molecule is CCCNc1ncccc1C(=O)NCc1cccc(C)n1. The molecule has 2 aromatic rings. The van der Waals surface area contributed by atoms with Crippen LogP contribution >= 0.6 is 0 Å². The van der Waals surface area contributed by atoms with Crippen LogP contribution in [0.2, 0.25) is 0 Å². The maximum absolute atomic E-state index is 12.3. The number of carbonyl (C=O) groups excluding carboxylic acids is 1. The van der Waals surface area contributed by atoms with Crippen LogP contribution in [0.5, 0.6) is 0 Å². The van der Waals surface area contributed by atoms with Gasteiger partial charge < -0.3 is 10.6 Å². The van der Waals surface area contributed by atoms with Crippen molar-refractivity contribution in [1.82, 2.24) is 15.3 Å². The maximum Gasteiger partial charge on any atom is 0.255 e. The molecule has 110 valence electrons. The summed E-state index contributed by atoms with van der Waals surface area (Å²) < 4.78 is 0. The van der Waals surface area contributed by atoms with Gasteiger partial charge in [0.05, 0.1) is 17.8 Å². The minimum absolute atomic E-state index is 0.148. The Morgan fingerprint density at radius 3 is 2.86 bits per heavy atom. The van der Waals surface area contributed by atoms with E-state index < -0.39 is 0 Å². The second-order valence-electron chi connectivity index (χ2n) is 4.78. The van der Waals surface area contributed by atoms with E-state index >= 15 is 0 Å². The van der Waals surface area contributed by atoms with Crippen LogP contribution in [-0.4, -0.2) is 22.4 Å². The molecule has 0 aromatic carbocycles. The molecule has 0 aliphatic carbocycles. The molecule has 0 atom stereocenters. The molecule has 2 aromatic heterocycles. The van der Waals surface area contributed by atoms with Crippen LogP contribution in [0.4, 0.5) is 5.82 Å². The lowest BCUT2D eigenvalue weighted by atomic mass is 10.2. The fraction of sp³-hybridized carbons (Fsp3) is 0.312. The summed E-state index contributed by atoms with van der Waals surface area (Å²) in [4.78, 5) is 20.9. The average molecular weight is 284 g/mol. The van der Waals surface area contributed by atoms with Gasteiger partial charge in [-0.2, -0.15) is 0 Å². The van der Waals surface area contributed by atoms with Crippen molar-refractivity contribution < 1.29 is 4.79 Å². The summed E-state index contributed by atoms with van der Waals surface area (Å²) in [6.45, 7) is 5.19. The highest BCUT2D eigenvalue weighted by Gasteiger charge is 2.11. The van der Waals surface area contributed by atoms with Gasteiger partial charge in [0.15, 0.2) is 0 Å². The van der Waals surface area contributed by atoms with E-state index in [9.17, 15) is 4.79 Å². The summed E-state index contributed by atoms with van der Waals surface area (Å²) in [5.41, 5.74) is 2.34. The number of nitrogens with one attached hydrogen (secondary N) is 2. The Morgan fingerprint density at radius 1 is 1.24 bits per heavy atom. The van der Waals surface area contributed by atoms with Crippen LogP contribution in [0.3, 0.4) is 0 Å². The standard InChI is InChI=1S/C16H20N4O/c1-3-9-17-15-14(8-5-10-18-15)16(21)19-11-13-7-4-6-12(2)20-13/h4-8,10H,3,9,11H2,1-2H3,(H,17,18)(H,19,21). The zero-order valence-corrected chi connectivity index (χ0v) is 12.4. The minimum Gasteiger partial charge on any atom is -0.369 e. The van der Waals surface area contributed by atoms with E-state index in [1.807, 2.05) is 25.1 Å². The van der Waals surface area contributed by atoms with Crippen LogP contribution in [0.1, 0.15) is 35.1 Å². The zero-order valence-electron chi connectivity index (χ0n) is 12.4. The largest absolute Gasteiger partial charge is 0.369 e. The highest BCUT2D eigenvalue weighted by molar-refractivity contribution is 5.98. The second-order valence-corrected chi connectivity index (χ2v) is 4.78. The van der Waals surface area contributed by atoms with Crippen molar-refractivity contribution >= 4 is 11.7 Å². The Kier molecular flexibility index (Phi) is 5.26. The summed E-state index contributed by atoms with van der Waals surface area (Å²) in [7, 11) is 0. The van der Waals surface area contributed by atoms with Crippen molar-refractivity contribution in [2.24, 2.45) is 0 Å². The van der Waals surface area contributed by atoms with E-state index in [4.69, 9.17) is 0 Å². The molecule has 0 fully saturated rings. The molecule has 0 radical (unpaired) electrons. The number of anilines is 1. The molecule has 2 N–H and O–H groups in total. The van der Waals surface area contributed by atoms with Gasteiger partial charge in [0.1, 0.15) is 5.82 Å². The number of nitrogens with zero attached hydrogens (tertiary/aromatic N) is 2. The zero-order chi connectivity index (χ0) is 15.1. The molecule has 2 rings (SSSR count).